The number of nitrogens with zero attached hydrogens (tertiary/aromatic N) is 4. The highest BCUT2D eigenvalue weighted by Gasteiger charge is 2.11. The van der Waals surface area contributed by atoms with Crippen molar-refractivity contribution < 1.29 is 0 Å². The zero-order valence-electron chi connectivity index (χ0n) is 9.78. The summed E-state index contributed by atoms with van der Waals surface area (Å²) in [4.78, 5) is 7.42. The third kappa shape index (κ3) is 2.44. The molecule has 0 aliphatic carbocycles. The van der Waals surface area contributed by atoms with Gasteiger partial charge >= 0.3 is 0 Å². The highest BCUT2D eigenvalue weighted by molar-refractivity contribution is 4.97. The number of hydrogen-bond donors (Lipinski definition) is 2. The number of aryl methyl sites for hydroxylation is 3. The predicted octanol–water partition coefficient (Wildman–Crippen LogP) is 1.28. The predicted molar refractivity (Wildman–Crippen MR) is 59.0 cm³/mol. The molecule has 1 unspecified atom stereocenters. The standard InChI is InChI=1S/C10H16N6/c1-6(10-12-8(3)14-16-10)4-5-9-11-7(2)13-15-9/h6H,4-5H2,1-3H3,(H,11,13,15)(H,12,14,16). The van der Waals surface area contributed by atoms with E-state index >= 15 is 0 Å². The van der Waals surface area contributed by atoms with Crippen LogP contribution in [0.5, 0.6) is 0 Å². The minimum atomic E-state index is 0.347. The first-order chi connectivity index (χ1) is 7.65. The molecule has 0 amide bonds. The Bertz CT molecular complexity index is 457. The normalized spacial score (nSPS) is 12.9. The fourth-order valence-electron chi connectivity index (χ4n) is 1.57. The second-order valence-electron chi connectivity index (χ2n) is 4.07. The van der Waals surface area contributed by atoms with Crippen LogP contribution in [0.3, 0.4) is 0 Å². The van der Waals surface area contributed by atoms with Crippen molar-refractivity contribution in [3.8, 4) is 0 Å². The lowest BCUT2D eigenvalue weighted by Crippen LogP contribution is -2.00. The smallest absolute Gasteiger partial charge is 0.150 e. The number of H-pyrrole nitrogens is 2. The summed E-state index contributed by atoms with van der Waals surface area (Å²) in [6.07, 6.45) is 1.82. The summed E-state index contributed by atoms with van der Waals surface area (Å²) in [7, 11) is 0. The van der Waals surface area contributed by atoms with Crippen LogP contribution in [0.15, 0.2) is 0 Å². The van der Waals surface area contributed by atoms with Crippen molar-refractivity contribution in [2.75, 3.05) is 0 Å². The molecule has 0 fully saturated rings. The zero-order chi connectivity index (χ0) is 11.5. The maximum Gasteiger partial charge on any atom is 0.150 e. The molecule has 0 spiro atoms. The van der Waals surface area contributed by atoms with E-state index in [1.165, 1.54) is 0 Å². The van der Waals surface area contributed by atoms with Crippen LogP contribution in [0.4, 0.5) is 0 Å². The van der Waals surface area contributed by atoms with Crippen molar-refractivity contribution in [1.29, 1.82) is 0 Å². The van der Waals surface area contributed by atoms with Crippen LogP contribution in [0.25, 0.3) is 0 Å². The number of aromatic nitrogens is 6. The second kappa shape index (κ2) is 4.42. The average Bonchev–Trinajstić information content (AvgIpc) is 2.84. The first kappa shape index (κ1) is 10.8. The maximum atomic E-state index is 4.27. The summed E-state index contributed by atoms with van der Waals surface area (Å²) in [5.41, 5.74) is 0. The van der Waals surface area contributed by atoms with Crippen LogP contribution in [-0.2, 0) is 6.42 Å². The first-order valence-corrected chi connectivity index (χ1v) is 5.42. The summed E-state index contributed by atoms with van der Waals surface area (Å²) in [5, 5.41) is 15.0. The molecule has 6 heteroatoms. The van der Waals surface area contributed by atoms with E-state index < -0.39 is 0 Å². The Morgan fingerprint density at radius 3 is 2.56 bits per heavy atom. The van der Waals surface area contributed by atoms with Crippen molar-refractivity contribution in [2.45, 2.75) is 39.5 Å². The van der Waals surface area contributed by atoms with Crippen LogP contribution in [-0.4, -0.2) is 30.4 Å². The van der Waals surface area contributed by atoms with Crippen LogP contribution in [0, 0.1) is 13.8 Å². The van der Waals surface area contributed by atoms with E-state index in [1.54, 1.807) is 0 Å². The van der Waals surface area contributed by atoms with Gasteiger partial charge in [-0.15, -0.1) is 10.2 Å². The molecular weight excluding hydrogens is 204 g/mol. The quantitative estimate of drug-likeness (QED) is 0.813. The molecule has 0 aliphatic heterocycles. The molecule has 16 heavy (non-hydrogen) atoms. The number of rotatable bonds is 4. The van der Waals surface area contributed by atoms with Gasteiger partial charge in [-0.2, -0.15) is 5.10 Å². The Hall–Kier alpha value is -1.72. The SMILES string of the molecule is Cc1nc(CCC(C)c2nnc(C)[nH]2)n[nH]1. The lowest BCUT2D eigenvalue weighted by Gasteiger charge is -2.04. The van der Waals surface area contributed by atoms with Gasteiger partial charge in [-0.25, -0.2) is 4.98 Å². The number of aromatic amines is 2. The van der Waals surface area contributed by atoms with E-state index in [9.17, 15) is 0 Å². The summed E-state index contributed by atoms with van der Waals surface area (Å²) in [5.74, 6) is 3.86. The Labute approximate surface area is 93.9 Å². The third-order valence-corrected chi connectivity index (χ3v) is 2.53. The molecule has 2 N–H and O–H groups in total. The molecule has 0 aromatic carbocycles. The number of hydrogen-bond acceptors (Lipinski definition) is 4. The Kier molecular flexibility index (Phi) is 2.98. The molecule has 86 valence electrons. The lowest BCUT2D eigenvalue weighted by atomic mass is 10.1. The highest BCUT2D eigenvalue weighted by Crippen LogP contribution is 2.16. The molecule has 1 atom stereocenters. The van der Waals surface area contributed by atoms with Gasteiger partial charge in [0.1, 0.15) is 17.5 Å². The van der Waals surface area contributed by atoms with E-state index in [2.05, 4.69) is 37.3 Å². The lowest BCUT2D eigenvalue weighted by molar-refractivity contribution is 0.627. The summed E-state index contributed by atoms with van der Waals surface area (Å²) < 4.78 is 0. The van der Waals surface area contributed by atoms with E-state index in [0.717, 1.165) is 36.1 Å². The molecule has 0 saturated heterocycles. The second-order valence-corrected chi connectivity index (χ2v) is 4.07. The summed E-state index contributed by atoms with van der Waals surface area (Å²) in [6.45, 7) is 5.93. The molecule has 0 saturated carbocycles. The molecule has 0 bridgehead atoms. The third-order valence-electron chi connectivity index (χ3n) is 2.53. The molecule has 2 aromatic rings. The molecular formula is C10H16N6. The van der Waals surface area contributed by atoms with Crippen LogP contribution in [0.2, 0.25) is 0 Å². The van der Waals surface area contributed by atoms with Gasteiger partial charge < -0.3 is 4.98 Å². The van der Waals surface area contributed by atoms with Crippen molar-refractivity contribution in [1.82, 2.24) is 30.4 Å². The fourth-order valence-corrected chi connectivity index (χ4v) is 1.57. The fraction of sp³-hybridized carbons (Fsp3) is 0.600. The van der Waals surface area contributed by atoms with Crippen LogP contribution in [0.1, 0.15) is 42.6 Å². The topological polar surface area (TPSA) is 83.1 Å². The Morgan fingerprint density at radius 2 is 2.00 bits per heavy atom. The van der Waals surface area contributed by atoms with Crippen LogP contribution < -0.4 is 0 Å². The summed E-state index contributed by atoms with van der Waals surface area (Å²) in [6, 6.07) is 0. The largest absolute Gasteiger partial charge is 0.329 e. The molecule has 6 nitrogen and oxygen atoms in total. The van der Waals surface area contributed by atoms with Gasteiger partial charge in [0.15, 0.2) is 5.82 Å². The number of nitrogens with one attached hydrogen (secondary N) is 2. The monoisotopic (exact) mass is 220 g/mol. The minimum Gasteiger partial charge on any atom is -0.329 e. The maximum absolute atomic E-state index is 4.27. The minimum absolute atomic E-state index is 0.347. The highest BCUT2D eigenvalue weighted by atomic mass is 15.2. The zero-order valence-corrected chi connectivity index (χ0v) is 9.78. The van der Waals surface area contributed by atoms with Crippen molar-refractivity contribution in [2.24, 2.45) is 0 Å². The van der Waals surface area contributed by atoms with Gasteiger partial charge in [0.2, 0.25) is 0 Å². The first-order valence-electron chi connectivity index (χ1n) is 5.42. The van der Waals surface area contributed by atoms with Gasteiger partial charge in [0, 0.05) is 12.3 Å². The Balaban J connectivity index is 1.91. The van der Waals surface area contributed by atoms with Crippen molar-refractivity contribution >= 4 is 0 Å². The van der Waals surface area contributed by atoms with Crippen molar-refractivity contribution in [3.05, 3.63) is 23.3 Å². The van der Waals surface area contributed by atoms with E-state index in [-0.39, 0.29) is 0 Å². The van der Waals surface area contributed by atoms with Crippen molar-refractivity contribution in [3.63, 3.8) is 0 Å². The van der Waals surface area contributed by atoms with Gasteiger partial charge in [-0.1, -0.05) is 6.92 Å². The van der Waals surface area contributed by atoms with Gasteiger partial charge in [-0.3, -0.25) is 5.10 Å². The van der Waals surface area contributed by atoms with E-state index in [4.69, 9.17) is 0 Å². The molecule has 2 rings (SSSR count). The molecule has 0 aliphatic rings. The molecule has 0 radical (unpaired) electrons. The van der Waals surface area contributed by atoms with Gasteiger partial charge in [0.25, 0.3) is 0 Å². The molecule has 2 heterocycles. The average molecular weight is 220 g/mol. The van der Waals surface area contributed by atoms with Crippen LogP contribution >= 0.6 is 0 Å². The van der Waals surface area contributed by atoms with Gasteiger partial charge in [-0.05, 0) is 20.3 Å². The van der Waals surface area contributed by atoms with E-state index in [1.807, 2.05) is 13.8 Å². The summed E-state index contributed by atoms with van der Waals surface area (Å²) >= 11 is 0. The van der Waals surface area contributed by atoms with Gasteiger partial charge in [0.05, 0.1) is 0 Å². The Morgan fingerprint density at radius 1 is 1.19 bits per heavy atom. The van der Waals surface area contributed by atoms with E-state index in [0.29, 0.717) is 5.92 Å². The molecule has 2 aromatic heterocycles.